The van der Waals surface area contributed by atoms with Crippen molar-refractivity contribution in [2.24, 2.45) is 0 Å². The van der Waals surface area contributed by atoms with Crippen LogP contribution < -0.4 is 5.73 Å². The number of aliphatic carboxylic acids is 1. The third-order valence-electron chi connectivity index (χ3n) is 3.82. The number of likely N-dealkylation sites (tertiary alicyclic amines) is 1. The normalized spacial score (nSPS) is 19.7. The Morgan fingerprint density at radius 3 is 2.61 bits per heavy atom. The highest BCUT2D eigenvalue weighted by atomic mass is 19.1. The second-order valence-electron chi connectivity index (χ2n) is 4.89. The molecule has 3 N–H and O–H groups in total. The summed E-state index contributed by atoms with van der Waals surface area (Å²) in [5.41, 5.74) is 5.03. The van der Waals surface area contributed by atoms with Gasteiger partial charge in [-0.25, -0.2) is 4.39 Å². The molecule has 1 saturated heterocycles. The van der Waals surface area contributed by atoms with Gasteiger partial charge in [-0.1, -0.05) is 12.1 Å². The second-order valence-corrected chi connectivity index (χ2v) is 4.89. The summed E-state index contributed by atoms with van der Waals surface area (Å²) in [6.45, 7) is 1.34. The van der Waals surface area contributed by atoms with Crippen molar-refractivity contribution in [1.29, 1.82) is 0 Å². The largest absolute Gasteiger partial charge is 0.481 e. The van der Waals surface area contributed by atoms with E-state index in [1.807, 2.05) is 7.05 Å². The molecule has 0 atom stereocenters. The van der Waals surface area contributed by atoms with Crippen LogP contribution in [0.2, 0.25) is 0 Å². The number of anilines is 1. The van der Waals surface area contributed by atoms with Gasteiger partial charge in [0.2, 0.25) is 0 Å². The number of hydrogen-bond donors (Lipinski definition) is 2. The van der Waals surface area contributed by atoms with Gasteiger partial charge in [-0.2, -0.15) is 0 Å². The predicted molar refractivity (Wildman–Crippen MR) is 66.9 cm³/mol. The van der Waals surface area contributed by atoms with Crippen molar-refractivity contribution in [3.63, 3.8) is 0 Å². The summed E-state index contributed by atoms with van der Waals surface area (Å²) in [6, 6.07) is 4.39. The maximum Gasteiger partial charge on any atom is 0.314 e. The minimum absolute atomic E-state index is 0.0375. The van der Waals surface area contributed by atoms with E-state index in [-0.39, 0.29) is 5.69 Å². The fourth-order valence-corrected chi connectivity index (χ4v) is 2.55. The van der Waals surface area contributed by atoms with Crippen molar-refractivity contribution >= 4 is 11.7 Å². The number of nitrogens with two attached hydrogens (primary N) is 1. The third-order valence-corrected chi connectivity index (χ3v) is 3.82. The Kier molecular flexibility index (Phi) is 3.26. The zero-order chi connectivity index (χ0) is 13.3. The van der Waals surface area contributed by atoms with Crippen molar-refractivity contribution in [2.75, 3.05) is 25.9 Å². The van der Waals surface area contributed by atoms with Crippen LogP contribution in [-0.2, 0) is 10.2 Å². The molecule has 2 rings (SSSR count). The Bertz CT molecular complexity index is 468. The number of halogens is 1. The lowest BCUT2D eigenvalue weighted by Gasteiger charge is -2.38. The summed E-state index contributed by atoms with van der Waals surface area (Å²) in [5.74, 6) is -1.47. The highest BCUT2D eigenvalue weighted by Crippen LogP contribution is 2.39. The number of carboxylic acids is 1. The van der Waals surface area contributed by atoms with Crippen LogP contribution in [-0.4, -0.2) is 36.1 Å². The van der Waals surface area contributed by atoms with Crippen LogP contribution in [0.15, 0.2) is 18.2 Å². The Labute approximate surface area is 105 Å². The van der Waals surface area contributed by atoms with E-state index in [0.717, 1.165) is 0 Å². The molecule has 1 fully saturated rings. The van der Waals surface area contributed by atoms with Crippen LogP contribution in [0.25, 0.3) is 0 Å². The van der Waals surface area contributed by atoms with Gasteiger partial charge in [0.25, 0.3) is 0 Å². The van der Waals surface area contributed by atoms with E-state index in [4.69, 9.17) is 5.73 Å². The van der Waals surface area contributed by atoms with Gasteiger partial charge in [-0.05, 0) is 44.6 Å². The SMILES string of the molecule is CN1CCC(C(=O)O)(c2cccc(F)c2N)CC1. The summed E-state index contributed by atoms with van der Waals surface area (Å²) in [5, 5.41) is 9.55. The van der Waals surface area contributed by atoms with Crippen molar-refractivity contribution in [2.45, 2.75) is 18.3 Å². The standard InChI is InChI=1S/C13H17FN2O2/c1-16-7-5-13(6-8-16,12(17)18)9-3-2-4-10(14)11(9)15/h2-4H,5-8,15H2,1H3,(H,17,18). The fraction of sp³-hybridized carbons (Fsp3) is 0.462. The summed E-state index contributed by atoms with van der Waals surface area (Å²) in [6.07, 6.45) is 0.902. The molecular weight excluding hydrogens is 235 g/mol. The molecule has 1 heterocycles. The maximum absolute atomic E-state index is 13.5. The number of carboxylic acid groups (broad SMARTS) is 1. The molecule has 0 aliphatic carbocycles. The van der Waals surface area contributed by atoms with Crippen molar-refractivity contribution in [3.05, 3.63) is 29.6 Å². The van der Waals surface area contributed by atoms with Crippen LogP contribution >= 0.6 is 0 Å². The highest BCUT2D eigenvalue weighted by Gasteiger charge is 2.44. The molecule has 1 aliphatic rings. The summed E-state index contributed by atoms with van der Waals surface area (Å²) < 4.78 is 13.5. The average Bonchev–Trinajstić information content (AvgIpc) is 2.34. The number of hydrogen-bond acceptors (Lipinski definition) is 3. The van der Waals surface area contributed by atoms with E-state index in [9.17, 15) is 14.3 Å². The van der Waals surface area contributed by atoms with Crippen LogP contribution in [0.1, 0.15) is 18.4 Å². The number of para-hydroxylation sites is 1. The molecular formula is C13H17FN2O2. The smallest absolute Gasteiger partial charge is 0.314 e. The molecule has 1 aromatic rings. The van der Waals surface area contributed by atoms with Crippen molar-refractivity contribution < 1.29 is 14.3 Å². The van der Waals surface area contributed by atoms with Crippen molar-refractivity contribution in [1.82, 2.24) is 4.90 Å². The van der Waals surface area contributed by atoms with Crippen LogP contribution in [0.4, 0.5) is 10.1 Å². The molecule has 0 unspecified atom stereocenters. The van der Waals surface area contributed by atoms with Crippen LogP contribution in [0.5, 0.6) is 0 Å². The Balaban J connectivity index is 2.48. The van der Waals surface area contributed by atoms with Gasteiger partial charge in [-0.3, -0.25) is 4.79 Å². The van der Waals surface area contributed by atoms with E-state index < -0.39 is 17.2 Å². The number of benzene rings is 1. The quantitative estimate of drug-likeness (QED) is 0.782. The Morgan fingerprint density at radius 1 is 1.44 bits per heavy atom. The summed E-state index contributed by atoms with van der Waals surface area (Å²) >= 11 is 0. The highest BCUT2D eigenvalue weighted by molar-refractivity contribution is 5.84. The monoisotopic (exact) mass is 252 g/mol. The first-order valence-corrected chi connectivity index (χ1v) is 5.94. The first-order chi connectivity index (χ1) is 8.47. The number of piperidine rings is 1. The summed E-state index contributed by atoms with van der Waals surface area (Å²) in [4.78, 5) is 13.7. The van der Waals surface area contributed by atoms with Gasteiger partial charge in [0.05, 0.1) is 11.1 Å². The third kappa shape index (κ3) is 1.95. The molecule has 98 valence electrons. The number of carbonyl (C=O) groups is 1. The maximum atomic E-state index is 13.5. The molecule has 1 aliphatic heterocycles. The van der Waals surface area contributed by atoms with Crippen LogP contribution in [0.3, 0.4) is 0 Å². The first-order valence-electron chi connectivity index (χ1n) is 5.94. The van der Waals surface area contributed by atoms with E-state index in [1.54, 1.807) is 6.07 Å². The Hall–Kier alpha value is -1.62. The van der Waals surface area contributed by atoms with Gasteiger partial charge in [0.1, 0.15) is 5.82 Å². The minimum atomic E-state index is -1.06. The van der Waals surface area contributed by atoms with E-state index >= 15 is 0 Å². The van der Waals surface area contributed by atoms with E-state index in [1.165, 1.54) is 12.1 Å². The predicted octanol–water partition coefficient (Wildman–Crippen LogP) is 1.46. The molecule has 0 amide bonds. The van der Waals surface area contributed by atoms with Gasteiger partial charge in [-0.15, -0.1) is 0 Å². The molecule has 0 bridgehead atoms. The molecule has 0 saturated carbocycles. The van der Waals surface area contributed by atoms with Gasteiger partial charge in [0, 0.05) is 0 Å². The van der Waals surface area contributed by atoms with Gasteiger partial charge < -0.3 is 15.7 Å². The molecule has 18 heavy (non-hydrogen) atoms. The Morgan fingerprint density at radius 2 is 2.06 bits per heavy atom. The zero-order valence-corrected chi connectivity index (χ0v) is 10.3. The molecule has 0 spiro atoms. The number of nitrogens with zero attached hydrogens (tertiary/aromatic N) is 1. The zero-order valence-electron chi connectivity index (χ0n) is 10.3. The van der Waals surface area contributed by atoms with Gasteiger partial charge in [0.15, 0.2) is 0 Å². The lowest BCUT2D eigenvalue weighted by Crippen LogP contribution is -2.46. The minimum Gasteiger partial charge on any atom is -0.481 e. The number of nitrogen functional groups attached to an aromatic ring is 1. The lowest BCUT2D eigenvalue weighted by atomic mass is 9.72. The first kappa shape index (κ1) is 12.8. The lowest BCUT2D eigenvalue weighted by molar-refractivity contribution is -0.145. The fourth-order valence-electron chi connectivity index (χ4n) is 2.55. The van der Waals surface area contributed by atoms with E-state index in [2.05, 4.69) is 4.90 Å². The molecule has 0 aromatic heterocycles. The topological polar surface area (TPSA) is 66.6 Å². The molecule has 0 radical (unpaired) electrons. The number of rotatable bonds is 2. The van der Waals surface area contributed by atoms with Gasteiger partial charge >= 0.3 is 5.97 Å². The van der Waals surface area contributed by atoms with E-state index in [0.29, 0.717) is 31.5 Å². The molecule has 4 nitrogen and oxygen atoms in total. The molecule has 5 heteroatoms. The summed E-state index contributed by atoms with van der Waals surface area (Å²) in [7, 11) is 1.95. The molecule has 1 aromatic carbocycles. The second kappa shape index (κ2) is 4.57. The van der Waals surface area contributed by atoms with Crippen LogP contribution in [0, 0.1) is 5.82 Å². The average molecular weight is 252 g/mol. The van der Waals surface area contributed by atoms with Crippen molar-refractivity contribution in [3.8, 4) is 0 Å².